The summed E-state index contributed by atoms with van der Waals surface area (Å²) in [4.78, 5) is 0. The van der Waals surface area contributed by atoms with Gasteiger partial charge in [-0.05, 0) is 24.8 Å². The van der Waals surface area contributed by atoms with Crippen LogP contribution in [-0.4, -0.2) is 19.3 Å². The van der Waals surface area contributed by atoms with Gasteiger partial charge in [0, 0.05) is 18.2 Å². The molecule has 1 heterocycles. The van der Waals surface area contributed by atoms with Crippen LogP contribution in [0, 0.1) is 0 Å². The van der Waals surface area contributed by atoms with Gasteiger partial charge < -0.3 is 10.1 Å². The fourth-order valence-electron chi connectivity index (χ4n) is 2.44. The Morgan fingerprint density at radius 2 is 2.00 bits per heavy atom. The molecular weight excluding hydrogens is 186 g/mol. The van der Waals surface area contributed by atoms with E-state index in [0.717, 1.165) is 19.6 Å². The van der Waals surface area contributed by atoms with Crippen LogP contribution in [0.15, 0.2) is 30.3 Å². The van der Waals surface area contributed by atoms with Crippen molar-refractivity contribution >= 4 is 0 Å². The Hall–Kier alpha value is -0.860. The minimum Gasteiger partial charge on any atom is -0.380 e. The molecule has 1 saturated heterocycles. The summed E-state index contributed by atoms with van der Waals surface area (Å²) < 4.78 is 5.40. The molecule has 1 aromatic carbocycles. The molecule has 1 aliphatic carbocycles. The summed E-state index contributed by atoms with van der Waals surface area (Å²) in [6.45, 7) is 1.80. The highest BCUT2D eigenvalue weighted by Gasteiger charge is 2.45. The number of benzene rings is 1. The Morgan fingerprint density at radius 3 is 2.60 bits per heavy atom. The topological polar surface area (TPSA) is 21.3 Å². The summed E-state index contributed by atoms with van der Waals surface area (Å²) in [6.07, 6.45) is 3.70. The van der Waals surface area contributed by atoms with Gasteiger partial charge in [-0.25, -0.2) is 0 Å². The second-order valence-corrected chi connectivity index (χ2v) is 4.65. The first-order chi connectivity index (χ1) is 7.39. The average Bonchev–Trinajstić information content (AvgIpc) is 2.88. The van der Waals surface area contributed by atoms with Gasteiger partial charge >= 0.3 is 0 Å². The standard InChI is InChI=1S/C13H17NO/c1-2-4-11(5-3-1)13(7-8-13)14-12-6-9-15-10-12/h1-5,12,14H,6-10H2. The molecule has 80 valence electrons. The van der Waals surface area contributed by atoms with E-state index in [1.165, 1.54) is 18.4 Å². The van der Waals surface area contributed by atoms with E-state index in [-0.39, 0.29) is 5.54 Å². The molecule has 3 rings (SSSR count). The molecule has 0 bridgehead atoms. The fraction of sp³-hybridized carbons (Fsp3) is 0.538. The molecule has 1 atom stereocenters. The molecule has 2 heteroatoms. The summed E-state index contributed by atoms with van der Waals surface area (Å²) >= 11 is 0. The fourth-order valence-corrected chi connectivity index (χ4v) is 2.44. The minimum absolute atomic E-state index is 0.277. The van der Waals surface area contributed by atoms with Crippen LogP contribution in [0.3, 0.4) is 0 Å². The Balaban J connectivity index is 1.74. The van der Waals surface area contributed by atoms with Gasteiger partial charge in [-0.2, -0.15) is 0 Å². The van der Waals surface area contributed by atoms with Crippen molar-refractivity contribution in [3.63, 3.8) is 0 Å². The van der Waals surface area contributed by atoms with Gasteiger partial charge in [0.2, 0.25) is 0 Å². The Kier molecular flexibility index (Phi) is 2.26. The van der Waals surface area contributed by atoms with E-state index in [2.05, 4.69) is 35.6 Å². The molecule has 0 aromatic heterocycles. The van der Waals surface area contributed by atoms with Crippen molar-refractivity contribution in [2.45, 2.75) is 30.8 Å². The van der Waals surface area contributed by atoms with Crippen molar-refractivity contribution in [2.24, 2.45) is 0 Å². The lowest BCUT2D eigenvalue weighted by molar-refractivity contribution is 0.187. The van der Waals surface area contributed by atoms with Crippen LogP contribution in [-0.2, 0) is 10.3 Å². The second kappa shape index (κ2) is 3.62. The highest BCUT2D eigenvalue weighted by atomic mass is 16.5. The van der Waals surface area contributed by atoms with Crippen molar-refractivity contribution in [3.05, 3.63) is 35.9 Å². The van der Waals surface area contributed by atoms with Crippen LogP contribution in [0.2, 0.25) is 0 Å². The zero-order chi connectivity index (χ0) is 10.1. The van der Waals surface area contributed by atoms with Crippen molar-refractivity contribution in [1.82, 2.24) is 5.32 Å². The smallest absolute Gasteiger partial charge is 0.0620 e. The summed E-state index contributed by atoms with van der Waals surface area (Å²) in [5.41, 5.74) is 1.72. The zero-order valence-electron chi connectivity index (χ0n) is 8.91. The maximum absolute atomic E-state index is 5.40. The first-order valence-corrected chi connectivity index (χ1v) is 5.80. The molecule has 1 aliphatic heterocycles. The Labute approximate surface area is 90.6 Å². The van der Waals surface area contributed by atoms with Gasteiger partial charge in [0.05, 0.1) is 6.61 Å². The third-order valence-electron chi connectivity index (χ3n) is 3.49. The SMILES string of the molecule is c1ccc(C2(NC3CCOC3)CC2)cc1. The normalized spacial score (nSPS) is 27.9. The number of ether oxygens (including phenoxy) is 1. The number of rotatable bonds is 3. The number of nitrogens with one attached hydrogen (secondary N) is 1. The molecule has 2 nitrogen and oxygen atoms in total. The summed E-state index contributed by atoms with van der Waals surface area (Å²) in [5.74, 6) is 0. The Morgan fingerprint density at radius 1 is 1.20 bits per heavy atom. The quantitative estimate of drug-likeness (QED) is 0.812. The molecule has 0 spiro atoms. The molecule has 1 saturated carbocycles. The van der Waals surface area contributed by atoms with E-state index in [0.29, 0.717) is 6.04 Å². The summed E-state index contributed by atoms with van der Waals surface area (Å²) in [6, 6.07) is 11.4. The third-order valence-corrected chi connectivity index (χ3v) is 3.49. The van der Waals surface area contributed by atoms with Crippen LogP contribution >= 0.6 is 0 Å². The van der Waals surface area contributed by atoms with E-state index in [4.69, 9.17) is 4.74 Å². The molecule has 0 amide bonds. The van der Waals surface area contributed by atoms with Crippen molar-refractivity contribution in [2.75, 3.05) is 13.2 Å². The van der Waals surface area contributed by atoms with Gasteiger partial charge in [0.15, 0.2) is 0 Å². The van der Waals surface area contributed by atoms with Crippen LogP contribution < -0.4 is 5.32 Å². The minimum atomic E-state index is 0.277. The number of hydrogen-bond donors (Lipinski definition) is 1. The van der Waals surface area contributed by atoms with Crippen molar-refractivity contribution in [3.8, 4) is 0 Å². The van der Waals surface area contributed by atoms with E-state index >= 15 is 0 Å². The third kappa shape index (κ3) is 1.80. The first kappa shape index (κ1) is 9.37. The molecule has 0 radical (unpaired) electrons. The largest absolute Gasteiger partial charge is 0.380 e. The predicted octanol–water partition coefficient (Wildman–Crippen LogP) is 2.05. The lowest BCUT2D eigenvalue weighted by Gasteiger charge is -2.21. The average molecular weight is 203 g/mol. The van der Waals surface area contributed by atoms with Crippen molar-refractivity contribution in [1.29, 1.82) is 0 Å². The molecule has 15 heavy (non-hydrogen) atoms. The van der Waals surface area contributed by atoms with Crippen molar-refractivity contribution < 1.29 is 4.74 Å². The molecule has 1 unspecified atom stereocenters. The van der Waals surface area contributed by atoms with E-state index in [1.54, 1.807) is 0 Å². The molecule has 1 aromatic rings. The summed E-state index contributed by atoms with van der Waals surface area (Å²) in [5, 5.41) is 3.76. The maximum atomic E-state index is 5.40. The molecular formula is C13H17NO. The molecule has 1 N–H and O–H groups in total. The van der Waals surface area contributed by atoms with Crippen LogP contribution in [0.1, 0.15) is 24.8 Å². The lowest BCUT2D eigenvalue weighted by Crippen LogP contribution is -2.38. The van der Waals surface area contributed by atoms with E-state index in [1.807, 2.05) is 0 Å². The predicted molar refractivity (Wildman–Crippen MR) is 59.7 cm³/mol. The van der Waals surface area contributed by atoms with Crippen LogP contribution in [0.25, 0.3) is 0 Å². The van der Waals surface area contributed by atoms with Gasteiger partial charge in [0.1, 0.15) is 0 Å². The lowest BCUT2D eigenvalue weighted by atomic mass is 10.0. The second-order valence-electron chi connectivity index (χ2n) is 4.65. The van der Waals surface area contributed by atoms with E-state index in [9.17, 15) is 0 Å². The van der Waals surface area contributed by atoms with Gasteiger partial charge in [0.25, 0.3) is 0 Å². The molecule has 2 fully saturated rings. The van der Waals surface area contributed by atoms with Gasteiger partial charge in [-0.15, -0.1) is 0 Å². The Bertz CT molecular complexity index is 326. The monoisotopic (exact) mass is 203 g/mol. The van der Waals surface area contributed by atoms with Gasteiger partial charge in [-0.1, -0.05) is 30.3 Å². The first-order valence-electron chi connectivity index (χ1n) is 5.80. The molecule has 2 aliphatic rings. The van der Waals surface area contributed by atoms with Crippen LogP contribution in [0.5, 0.6) is 0 Å². The zero-order valence-corrected chi connectivity index (χ0v) is 8.91. The highest BCUT2D eigenvalue weighted by Crippen LogP contribution is 2.46. The number of hydrogen-bond acceptors (Lipinski definition) is 2. The summed E-state index contributed by atoms with van der Waals surface area (Å²) in [7, 11) is 0. The van der Waals surface area contributed by atoms with E-state index < -0.39 is 0 Å². The van der Waals surface area contributed by atoms with Gasteiger partial charge in [-0.3, -0.25) is 0 Å². The maximum Gasteiger partial charge on any atom is 0.0620 e. The van der Waals surface area contributed by atoms with Crippen LogP contribution in [0.4, 0.5) is 0 Å². The highest BCUT2D eigenvalue weighted by molar-refractivity contribution is 5.30.